The number of carbonyl (C=O) groups excluding carboxylic acids is 1. The van der Waals surface area contributed by atoms with E-state index >= 15 is 0 Å². The van der Waals surface area contributed by atoms with E-state index in [9.17, 15) is 9.90 Å². The second-order valence-corrected chi connectivity index (χ2v) is 6.01. The largest absolute Gasteiger partial charge is 0.388 e. The molecule has 1 saturated carbocycles. The summed E-state index contributed by atoms with van der Waals surface area (Å²) in [7, 11) is 0. The lowest BCUT2D eigenvalue weighted by Crippen LogP contribution is -2.44. The van der Waals surface area contributed by atoms with Crippen LogP contribution >= 0.6 is 0 Å². The number of nitrogens with one attached hydrogen (secondary N) is 1. The molecule has 0 bridgehead atoms. The Kier molecular flexibility index (Phi) is 3.68. The minimum absolute atomic E-state index is 0.153. The molecule has 1 aliphatic rings. The Hall–Kier alpha value is -1.88. The first-order valence-corrected chi connectivity index (χ1v) is 7.53. The van der Waals surface area contributed by atoms with Crippen LogP contribution in [0.4, 0.5) is 0 Å². The molecule has 0 saturated heterocycles. The molecule has 0 spiro atoms. The molecule has 0 unspecified atom stereocenters. The first kappa shape index (κ1) is 14.1. The molecule has 21 heavy (non-hydrogen) atoms. The van der Waals surface area contributed by atoms with Gasteiger partial charge in [-0.25, -0.2) is 4.52 Å². The van der Waals surface area contributed by atoms with Gasteiger partial charge in [0, 0.05) is 12.7 Å². The summed E-state index contributed by atoms with van der Waals surface area (Å²) >= 11 is 0. The topological polar surface area (TPSA) is 66.6 Å². The summed E-state index contributed by atoms with van der Waals surface area (Å²) in [4.78, 5) is 12.4. The monoisotopic (exact) mass is 287 g/mol. The van der Waals surface area contributed by atoms with Crippen molar-refractivity contribution < 1.29 is 9.90 Å². The van der Waals surface area contributed by atoms with Gasteiger partial charge in [-0.15, -0.1) is 0 Å². The number of amides is 1. The molecule has 1 fully saturated rings. The molecule has 1 amide bonds. The number of hydrogen-bond donors (Lipinski definition) is 2. The standard InChI is InChI=1S/C16H21N3O2/c1-12-10-14-13(6-5-9-19(14)18-12)15(20)17-11-16(21)7-3-2-4-8-16/h5-6,9-10,21H,2-4,7-8,11H2,1H3,(H,17,20). The molecule has 0 aliphatic heterocycles. The highest BCUT2D eigenvalue weighted by Crippen LogP contribution is 2.27. The van der Waals surface area contributed by atoms with Gasteiger partial charge in [0.1, 0.15) is 0 Å². The summed E-state index contributed by atoms with van der Waals surface area (Å²) in [5.41, 5.74) is 1.52. The second-order valence-electron chi connectivity index (χ2n) is 6.01. The van der Waals surface area contributed by atoms with E-state index in [1.807, 2.05) is 25.3 Å². The maximum Gasteiger partial charge on any atom is 0.253 e. The lowest BCUT2D eigenvalue weighted by Gasteiger charge is -2.32. The third-order valence-corrected chi connectivity index (χ3v) is 4.23. The molecular formula is C16H21N3O2. The Bertz CT molecular complexity index is 657. The van der Waals surface area contributed by atoms with Crippen molar-refractivity contribution in [1.82, 2.24) is 14.9 Å². The van der Waals surface area contributed by atoms with E-state index in [2.05, 4.69) is 10.4 Å². The Morgan fingerprint density at radius 2 is 2.19 bits per heavy atom. The van der Waals surface area contributed by atoms with Gasteiger partial charge in [-0.05, 0) is 38.0 Å². The third kappa shape index (κ3) is 2.93. The van der Waals surface area contributed by atoms with E-state index in [0.717, 1.165) is 36.9 Å². The SMILES string of the molecule is Cc1cc2c(C(=O)NCC3(O)CCCCC3)cccn2n1. The van der Waals surface area contributed by atoms with Crippen LogP contribution in [0.2, 0.25) is 0 Å². The number of aryl methyl sites for hydroxylation is 1. The van der Waals surface area contributed by atoms with Gasteiger partial charge in [0.25, 0.3) is 5.91 Å². The smallest absolute Gasteiger partial charge is 0.253 e. The zero-order valence-corrected chi connectivity index (χ0v) is 12.3. The van der Waals surface area contributed by atoms with Crippen LogP contribution in [0.5, 0.6) is 0 Å². The van der Waals surface area contributed by atoms with Gasteiger partial charge in [-0.3, -0.25) is 4.79 Å². The van der Waals surface area contributed by atoms with E-state index in [4.69, 9.17) is 0 Å². The van der Waals surface area contributed by atoms with Crippen molar-refractivity contribution >= 4 is 11.4 Å². The molecular weight excluding hydrogens is 266 g/mol. The van der Waals surface area contributed by atoms with E-state index in [1.165, 1.54) is 6.42 Å². The maximum absolute atomic E-state index is 12.4. The van der Waals surface area contributed by atoms with Gasteiger partial charge in [0.15, 0.2) is 0 Å². The van der Waals surface area contributed by atoms with Crippen molar-refractivity contribution in [3.8, 4) is 0 Å². The van der Waals surface area contributed by atoms with Crippen LogP contribution < -0.4 is 5.32 Å². The zero-order chi connectivity index (χ0) is 14.9. The highest BCUT2D eigenvalue weighted by atomic mass is 16.3. The Labute approximate surface area is 124 Å². The molecule has 0 radical (unpaired) electrons. The number of nitrogens with zero attached hydrogens (tertiary/aromatic N) is 2. The van der Waals surface area contributed by atoms with Gasteiger partial charge in [-0.1, -0.05) is 19.3 Å². The number of pyridine rings is 1. The lowest BCUT2D eigenvalue weighted by molar-refractivity contribution is 0.00527. The molecule has 2 aromatic heterocycles. The van der Waals surface area contributed by atoms with Gasteiger partial charge in [0.2, 0.25) is 0 Å². The minimum atomic E-state index is -0.741. The van der Waals surface area contributed by atoms with Crippen molar-refractivity contribution in [2.75, 3.05) is 6.54 Å². The Balaban J connectivity index is 1.75. The molecule has 112 valence electrons. The van der Waals surface area contributed by atoms with E-state index in [0.29, 0.717) is 12.1 Å². The minimum Gasteiger partial charge on any atom is -0.388 e. The fraction of sp³-hybridized carbons (Fsp3) is 0.500. The Morgan fingerprint density at radius 3 is 2.95 bits per heavy atom. The van der Waals surface area contributed by atoms with Gasteiger partial charge >= 0.3 is 0 Å². The highest BCUT2D eigenvalue weighted by Gasteiger charge is 2.29. The summed E-state index contributed by atoms with van der Waals surface area (Å²) < 4.78 is 1.71. The highest BCUT2D eigenvalue weighted by molar-refractivity contribution is 6.00. The predicted octanol–water partition coefficient (Wildman–Crippen LogP) is 2.07. The van der Waals surface area contributed by atoms with Crippen LogP contribution in [0.15, 0.2) is 24.4 Å². The quantitative estimate of drug-likeness (QED) is 0.908. The average Bonchev–Trinajstić information content (AvgIpc) is 2.85. The van der Waals surface area contributed by atoms with Crippen LogP contribution in [0.1, 0.15) is 48.2 Å². The van der Waals surface area contributed by atoms with Crippen molar-refractivity contribution in [2.45, 2.75) is 44.6 Å². The summed E-state index contributed by atoms with van der Waals surface area (Å²) in [5.74, 6) is -0.153. The van der Waals surface area contributed by atoms with Crippen LogP contribution in [-0.4, -0.2) is 32.8 Å². The number of hydrogen-bond acceptors (Lipinski definition) is 3. The average molecular weight is 287 g/mol. The second kappa shape index (κ2) is 5.48. The van der Waals surface area contributed by atoms with Crippen molar-refractivity contribution in [1.29, 1.82) is 0 Å². The van der Waals surface area contributed by atoms with Crippen molar-refractivity contribution in [3.63, 3.8) is 0 Å². The zero-order valence-electron chi connectivity index (χ0n) is 12.3. The molecule has 2 aromatic rings. The van der Waals surface area contributed by atoms with Gasteiger partial charge in [-0.2, -0.15) is 5.10 Å². The number of fused-ring (bicyclic) bond motifs is 1. The summed E-state index contributed by atoms with van der Waals surface area (Å²) in [6.07, 6.45) is 6.60. The fourth-order valence-corrected chi connectivity index (χ4v) is 3.06. The Morgan fingerprint density at radius 1 is 1.43 bits per heavy atom. The van der Waals surface area contributed by atoms with E-state index in [-0.39, 0.29) is 5.91 Å². The number of carbonyl (C=O) groups is 1. The fourth-order valence-electron chi connectivity index (χ4n) is 3.06. The summed E-state index contributed by atoms with van der Waals surface area (Å²) in [5, 5.41) is 17.6. The predicted molar refractivity (Wildman–Crippen MR) is 80.3 cm³/mol. The summed E-state index contributed by atoms with van der Waals surface area (Å²) in [6.45, 7) is 2.22. The maximum atomic E-state index is 12.4. The van der Waals surface area contributed by atoms with Crippen LogP contribution in [-0.2, 0) is 0 Å². The third-order valence-electron chi connectivity index (χ3n) is 4.23. The molecule has 1 aliphatic carbocycles. The number of aliphatic hydroxyl groups is 1. The van der Waals surface area contributed by atoms with Crippen LogP contribution in [0.3, 0.4) is 0 Å². The van der Waals surface area contributed by atoms with E-state index in [1.54, 1.807) is 10.6 Å². The number of aromatic nitrogens is 2. The molecule has 5 nitrogen and oxygen atoms in total. The molecule has 3 rings (SSSR count). The van der Waals surface area contributed by atoms with Crippen LogP contribution in [0.25, 0.3) is 5.52 Å². The van der Waals surface area contributed by atoms with Gasteiger partial charge < -0.3 is 10.4 Å². The first-order valence-electron chi connectivity index (χ1n) is 7.53. The molecule has 5 heteroatoms. The summed E-state index contributed by atoms with van der Waals surface area (Å²) in [6, 6.07) is 5.49. The molecule has 2 N–H and O–H groups in total. The van der Waals surface area contributed by atoms with Gasteiger partial charge in [0.05, 0.1) is 22.4 Å². The normalized spacial score (nSPS) is 17.8. The lowest BCUT2D eigenvalue weighted by atomic mass is 9.85. The van der Waals surface area contributed by atoms with E-state index < -0.39 is 5.60 Å². The van der Waals surface area contributed by atoms with Crippen LogP contribution in [0, 0.1) is 6.92 Å². The van der Waals surface area contributed by atoms with Crippen molar-refractivity contribution in [2.24, 2.45) is 0 Å². The van der Waals surface area contributed by atoms with Crippen molar-refractivity contribution in [3.05, 3.63) is 35.7 Å². The molecule has 0 aromatic carbocycles. The molecule has 2 heterocycles. The molecule has 0 atom stereocenters. The number of rotatable bonds is 3. The first-order chi connectivity index (χ1) is 10.1.